The fraction of sp³-hybridized carbons (Fsp3) is 0.474. The number of fused-ring (bicyclic) bond motifs is 3. The van der Waals surface area contributed by atoms with Gasteiger partial charge in [0.05, 0.1) is 5.56 Å². The first-order valence-corrected chi connectivity index (χ1v) is 16.4. The van der Waals surface area contributed by atoms with E-state index in [1.54, 1.807) is 33.8 Å². The van der Waals surface area contributed by atoms with Crippen LogP contribution in [0.15, 0.2) is 47.2 Å². The number of phenolic OH excluding ortho intramolecular Hbond substituents is 1. The van der Waals surface area contributed by atoms with Crippen molar-refractivity contribution in [2.75, 3.05) is 0 Å². The summed E-state index contributed by atoms with van der Waals surface area (Å²) < 4.78 is 41.5. The number of ether oxygens (including phenoxy) is 1. The summed E-state index contributed by atoms with van der Waals surface area (Å²) in [5, 5.41) is 47.2. The number of aliphatic hydroxyl groups is 3. The Kier molecular flexibility index (Phi) is 8.91. The number of hydrogen-bond acceptors (Lipinski definition) is 9. The Morgan fingerprint density at radius 1 is 1.00 bits per heavy atom. The quantitative estimate of drug-likeness (QED) is 0.224. The van der Waals surface area contributed by atoms with Crippen molar-refractivity contribution in [3.8, 4) is 11.5 Å². The molecule has 2 aromatic carbocycles. The van der Waals surface area contributed by atoms with Gasteiger partial charge in [-0.3, -0.25) is 19.2 Å². The van der Waals surface area contributed by atoms with Gasteiger partial charge < -0.3 is 25.2 Å². The summed E-state index contributed by atoms with van der Waals surface area (Å²) in [6.07, 6.45) is -5.32. The number of carbonyl (C=O) groups excluding carboxylic acids is 4. The molecular weight excluding hydrogens is 657 g/mol. The van der Waals surface area contributed by atoms with Gasteiger partial charge >= 0.3 is 6.36 Å². The van der Waals surface area contributed by atoms with E-state index in [1.165, 1.54) is 12.1 Å². The summed E-state index contributed by atoms with van der Waals surface area (Å²) in [6.45, 7) is 11.6. The second-order valence-electron chi connectivity index (χ2n) is 15.0. The molecule has 0 heterocycles. The molecule has 50 heavy (non-hydrogen) atoms. The van der Waals surface area contributed by atoms with Crippen molar-refractivity contribution in [1.82, 2.24) is 0 Å². The lowest BCUT2D eigenvalue weighted by molar-refractivity contribution is -0.274. The molecule has 0 aromatic heterocycles. The van der Waals surface area contributed by atoms with Gasteiger partial charge in [0.25, 0.3) is 0 Å². The summed E-state index contributed by atoms with van der Waals surface area (Å²) in [5.74, 6) is -7.24. The van der Waals surface area contributed by atoms with Crippen LogP contribution in [-0.4, -0.2) is 55.5 Å². The second kappa shape index (κ2) is 12.1. The molecule has 3 aliphatic carbocycles. The Balaban J connectivity index is 1.61. The zero-order valence-corrected chi connectivity index (χ0v) is 28.9. The number of allylic oxidation sites excluding steroid dienone is 1. The van der Waals surface area contributed by atoms with Crippen molar-refractivity contribution >= 4 is 28.9 Å². The van der Waals surface area contributed by atoms with Gasteiger partial charge in [0, 0.05) is 40.7 Å². The molecular formula is C38H41F3O9. The molecule has 5 rings (SSSR count). The van der Waals surface area contributed by atoms with Crippen molar-refractivity contribution in [2.24, 2.45) is 22.7 Å². The lowest BCUT2D eigenvalue weighted by Gasteiger charge is -2.60. The number of ketones is 4. The van der Waals surface area contributed by atoms with Crippen LogP contribution in [0.3, 0.4) is 0 Å². The number of carbonyl (C=O) groups is 4. The number of hydrogen-bond donors (Lipinski definition) is 4. The minimum absolute atomic E-state index is 0.0454. The molecule has 0 bridgehead atoms. The first kappa shape index (κ1) is 36.8. The minimum atomic E-state index is -4.87. The fourth-order valence-electron chi connectivity index (χ4n) is 8.83. The molecule has 0 spiro atoms. The van der Waals surface area contributed by atoms with Crippen LogP contribution >= 0.6 is 0 Å². The largest absolute Gasteiger partial charge is 0.573 e. The Labute approximate surface area is 287 Å². The van der Waals surface area contributed by atoms with Crippen molar-refractivity contribution in [1.29, 1.82) is 0 Å². The molecule has 0 radical (unpaired) electrons. The molecule has 3 aliphatic rings. The molecule has 268 valence electrons. The lowest BCUT2D eigenvalue weighted by atomic mass is 9.43. The van der Waals surface area contributed by atoms with Crippen LogP contribution in [0.5, 0.6) is 11.5 Å². The predicted molar refractivity (Wildman–Crippen MR) is 175 cm³/mol. The van der Waals surface area contributed by atoms with E-state index in [2.05, 4.69) is 4.74 Å². The maximum Gasteiger partial charge on any atom is 0.573 e. The number of benzene rings is 2. The van der Waals surface area contributed by atoms with Crippen LogP contribution in [0, 0.1) is 22.7 Å². The van der Waals surface area contributed by atoms with Crippen molar-refractivity contribution in [3.05, 3.63) is 75.1 Å². The van der Waals surface area contributed by atoms with Crippen molar-refractivity contribution in [3.63, 3.8) is 0 Å². The zero-order valence-electron chi connectivity index (χ0n) is 28.9. The molecule has 1 unspecified atom stereocenters. The molecule has 4 N–H and O–H groups in total. The van der Waals surface area contributed by atoms with E-state index < -0.39 is 86.4 Å². The van der Waals surface area contributed by atoms with Gasteiger partial charge in [-0.15, -0.1) is 13.2 Å². The maximum absolute atomic E-state index is 14.6. The van der Waals surface area contributed by atoms with Crippen LogP contribution in [0.1, 0.15) is 88.6 Å². The maximum atomic E-state index is 14.6. The summed E-state index contributed by atoms with van der Waals surface area (Å²) in [5.41, 5.74) is -4.81. The first-order valence-electron chi connectivity index (χ1n) is 16.4. The topological polar surface area (TPSA) is 158 Å². The summed E-state index contributed by atoms with van der Waals surface area (Å²) in [7, 11) is 0. The van der Waals surface area contributed by atoms with Gasteiger partial charge in [0.1, 0.15) is 34.4 Å². The SMILES string of the molecule is CC(=O)C1=C(O)[C@]2(O)C(=O)C3=C(O)c4c(O)c(CC(=O)Cc5ccc(OC(F)(F)F)cc5)cc(C(C)C)c4C[C@]3(C)C[C@]2(C)C(C(C)C)C1=O. The summed E-state index contributed by atoms with van der Waals surface area (Å²) in [6, 6.07) is 6.47. The summed E-state index contributed by atoms with van der Waals surface area (Å²) >= 11 is 0. The van der Waals surface area contributed by atoms with Crippen LogP contribution in [0.2, 0.25) is 0 Å². The Hall–Kier alpha value is -4.45. The molecule has 0 aliphatic heterocycles. The highest BCUT2D eigenvalue weighted by atomic mass is 19.4. The molecule has 9 nitrogen and oxygen atoms in total. The predicted octanol–water partition coefficient (Wildman–Crippen LogP) is 6.57. The summed E-state index contributed by atoms with van der Waals surface area (Å²) in [4.78, 5) is 54.1. The van der Waals surface area contributed by atoms with E-state index in [1.807, 2.05) is 13.8 Å². The second-order valence-corrected chi connectivity index (χ2v) is 15.0. The van der Waals surface area contributed by atoms with E-state index in [9.17, 15) is 52.8 Å². The minimum Gasteiger partial charge on any atom is -0.508 e. The third-order valence-corrected chi connectivity index (χ3v) is 10.7. The van der Waals surface area contributed by atoms with Crippen molar-refractivity contribution < 1.29 is 57.5 Å². The fourth-order valence-corrected chi connectivity index (χ4v) is 8.83. The van der Waals surface area contributed by atoms with E-state index in [-0.39, 0.29) is 48.3 Å². The van der Waals surface area contributed by atoms with Crippen LogP contribution in [0.4, 0.5) is 13.2 Å². The van der Waals surface area contributed by atoms with Gasteiger partial charge in [0.15, 0.2) is 17.2 Å². The normalized spacial score (nSPS) is 26.6. The van der Waals surface area contributed by atoms with Gasteiger partial charge in [-0.2, -0.15) is 0 Å². The Bertz CT molecular complexity index is 1890. The van der Waals surface area contributed by atoms with Crippen LogP contribution in [0.25, 0.3) is 5.76 Å². The average Bonchev–Trinajstić information content (AvgIpc) is 2.96. The highest BCUT2D eigenvalue weighted by Gasteiger charge is 2.72. The number of Topliss-reactive ketones (excluding diaryl/α,β-unsaturated/α-hetero) is 4. The Morgan fingerprint density at radius 3 is 2.12 bits per heavy atom. The molecule has 2 aromatic rings. The highest BCUT2D eigenvalue weighted by Crippen LogP contribution is 2.65. The van der Waals surface area contributed by atoms with Crippen LogP contribution < -0.4 is 4.74 Å². The van der Waals surface area contributed by atoms with E-state index in [0.717, 1.165) is 19.1 Å². The van der Waals surface area contributed by atoms with Gasteiger partial charge in [-0.25, -0.2) is 0 Å². The molecule has 1 saturated carbocycles. The number of alkyl halides is 3. The number of halogens is 3. The van der Waals surface area contributed by atoms with Crippen LogP contribution in [-0.2, 0) is 38.4 Å². The van der Waals surface area contributed by atoms with E-state index >= 15 is 0 Å². The number of aliphatic hydroxyl groups excluding tert-OH is 2. The van der Waals surface area contributed by atoms with Gasteiger partial charge in [0.2, 0.25) is 5.78 Å². The molecule has 4 atom stereocenters. The highest BCUT2D eigenvalue weighted by molar-refractivity contribution is 6.24. The Morgan fingerprint density at radius 2 is 1.60 bits per heavy atom. The van der Waals surface area contributed by atoms with Crippen molar-refractivity contribution in [2.45, 2.75) is 92.0 Å². The standard InChI is InChI=1S/C38H41F3O9/c1-17(2)24-14-21(13-22(43)12-20-8-10-23(11-9-20)50-38(39,40)41)30(44)27-25(24)15-35(6)16-36(7)28(18(3)4)31(45)26(19(5)42)33(47)37(36,49)34(48)29(35)32(27)46/h8-11,14,17-18,28,44,46-47,49H,12-13,15-16H2,1-7H3/t28?,35-,36-,37+/m1/s1. The first-order chi connectivity index (χ1) is 23.0. The van der Waals surface area contributed by atoms with E-state index in [4.69, 9.17) is 0 Å². The smallest absolute Gasteiger partial charge is 0.508 e. The van der Waals surface area contributed by atoms with Gasteiger partial charge in [-0.05, 0) is 60.4 Å². The molecule has 0 saturated heterocycles. The third-order valence-electron chi connectivity index (χ3n) is 10.7. The lowest BCUT2D eigenvalue weighted by Crippen LogP contribution is -2.69. The number of phenols is 1. The average molecular weight is 699 g/mol. The monoisotopic (exact) mass is 698 g/mol. The zero-order chi connectivity index (χ0) is 37.5. The van der Waals surface area contributed by atoms with E-state index in [0.29, 0.717) is 16.7 Å². The molecule has 1 fully saturated rings. The molecule has 12 heteroatoms. The third kappa shape index (κ3) is 5.61. The molecule has 0 amide bonds. The number of rotatable bonds is 8. The number of aromatic hydroxyl groups is 1. The van der Waals surface area contributed by atoms with Gasteiger partial charge in [-0.1, -0.05) is 59.7 Å².